The summed E-state index contributed by atoms with van der Waals surface area (Å²) in [7, 11) is 0. The number of hydrogen-bond donors (Lipinski definition) is 3. The molecule has 0 saturated heterocycles. The van der Waals surface area contributed by atoms with Crippen LogP contribution >= 0.6 is 0 Å². The van der Waals surface area contributed by atoms with Crippen molar-refractivity contribution in [3.05, 3.63) is 60.1 Å². The van der Waals surface area contributed by atoms with Crippen molar-refractivity contribution in [2.45, 2.75) is 51.7 Å². The molecular formula is C22H31N3O2. The van der Waals surface area contributed by atoms with E-state index in [0.29, 0.717) is 6.54 Å². The van der Waals surface area contributed by atoms with Gasteiger partial charge in [0.25, 0.3) is 0 Å². The third kappa shape index (κ3) is 5.86. The van der Waals surface area contributed by atoms with Crippen molar-refractivity contribution in [1.82, 2.24) is 10.6 Å². The fourth-order valence-corrected chi connectivity index (χ4v) is 3.56. The summed E-state index contributed by atoms with van der Waals surface area (Å²) in [6.07, 6.45) is 6.48. The topological polar surface area (TPSA) is 69.8 Å². The van der Waals surface area contributed by atoms with Crippen LogP contribution < -0.4 is 10.6 Å². The fraction of sp³-hybridized carbons (Fsp3) is 0.500. The van der Waals surface area contributed by atoms with Gasteiger partial charge in [0.15, 0.2) is 5.96 Å². The van der Waals surface area contributed by atoms with E-state index in [-0.39, 0.29) is 11.5 Å². The third-order valence-electron chi connectivity index (χ3n) is 5.45. The van der Waals surface area contributed by atoms with E-state index in [4.69, 9.17) is 9.41 Å². The van der Waals surface area contributed by atoms with E-state index in [2.05, 4.69) is 29.7 Å². The number of guanidine groups is 1. The molecule has 2 unspecified atom stereocenters. The summed E-state index contributed by atoms with van der Waals surface area (Å²) in [5.41, 5.74) is 1.07. The van der Waals surface area contributed by atoms with Gasteiger partial charge >= 0.3 is 0 Å². The van der Waals surface area contributed by atoms with Crippen LogP contribution in [0.3, 0.4) is 0 Å². The molecule has 146 valence electrons. The van der Waals surface area contributed by atoms with Crippen LogP contribution in [0.25, 0.3) is 0 Å². The molecule has 1 aliphatic rings. The number of rotatable bonds is 7. The van der Waals surface area contributed by atoms with E-state index < -0.39 is 0 Å². The normalized spacial score (nSPS) is 23.2. The largest absolute Gasteiger partial charge is 0.469 e. The molecule has 1 fully saturated rings. The van der Waals surface area contributed by atoms with Crippen molar-refractivity contribution in [3.8, 4) is 0 Å². The monoisotopic (exact) mass is 369 g/mol. The molecule has 27 heavy (non-hydrogen) atoms. The van der Waals surface area contributed by atoms with E-state index in [9.17, 15) is 5.11 Å². The van der Waals surface area contributed by atoms with Crippen LogP contribution in [0.5, 0.6) is 0 Å². The van der Waals surface area contributed by atoms with Gasteiger partial charge in [0.05, 0.1) is 18.9 Å². The summed E-state index contributed by atoms with van der Waals surface area (Å²) >= 11 is 0. The minimum atomic E-state index is -0.253. The molecular weight excluding hydrogens is 338 g/mol. The summed E-state index contributed by atoms with van der Waals surface area (Å²) in [6, 6.07) is 14.1. The highest BCUT2D eigenvalue weighted by Gasteiger charge is 2.35. The molecule has 1 saturated carbocycles. The third-order valence-corrected chi connectivity index (χ3v) is 5.45. The summed E-state index contributed by atoms with van der Waals surface area (Å²) < 4.78 is 5.40. The molecule has 1 aromatic heterocycles. The van der Waals surface area contributed by atoms with E-state index in [0.717, 1.165) is 50.5 Å². The summed E-state index contributed by atoms with van der Waals surface area (Å²) in [5.74, 6) is 1.74. The number of nitrogens with zero attached hydrogens (tertiary/aromatic N) is 1. The van der Waals surface area contributed by atoms with E-state index in [1.807, 2.05) is 30.3 Å². The maximum Gasteiger partial charge on any atom is 0.191 e. The van der Waals surface area contributed by atoms with Crippen molar-refractivity contribution in [1.29, 1.82) is 0 Å². The first kappa shape index (κ1) is 19.5. The van der Waals surface area contributed by atoms with E-state index in [1.165, 1.54) is 12.0 Å². The SMILES string of the molecule is CC1(CNC(=NCc2ccccc2)NCCc2ccco2)CCCCC1O. The van der Waals surface area contributed by atoms with Crippen LogP contribution in [0.2, 0.25) is 0 Å². The van der Waals surface area contributed by atoms with Crippen LogP contribution in [-0.4, -0.2) is 30.3 Å². The molecule has 0 bridgehead atoms. The molecule has 1 heterocycles. The van der Waals surface area contributed by atoms with Gasteiger partial charge < -0.3 is 20.2 Å². The lowest BCUT2D eigenvalue weighted by Crippen LogP contribution is -2.48. The molecule has 0 aliphatic heterocycles. The Balaban J connectivity index is 1.59. The van der Waals surface area contributed by atoms with Gasteiger partial charge in [-0.25, -0.2) is 4.99 Å². The van der Waals surface area contributed by atoms with Crippen LogP contribution in [0, 0.1) is 5.41 Å². The lowest BCUT2D eigenvalue weighted by molar-refractivity contribution is 0.00397. The quantitative estimate of drug-likeness (QED) is 0.516. The van der Waals surface area contributed by atoms with Crippen LogP contribution in [0.4, 0.5) is 0 Å². The molecule has 2 aromatic rings. The highest BCUT2D eigenvalue weighted by atomic mass is 16.3. The molecule has 1 aromatic carbocycles. The van der Waals surface area contributed by atoms with Crippen molar-refractivity contribution in [3.63, 3.8) is 0 Å². The summed E-state index contributed by atoms with van der Waals surface area (Å²) in [4.78, 5) is 4.74. The Hall–Kier alpha value is -2.27. The minimum Gasteiger partial charge on any atom is -0.469 e. The van der Waals surface area contributed by atoms with Crippen molar-refractivity contribution in [2.24, 2.45) is 10.4 Å². The smallest absolute Gasteiger partial charge is 0.191 e. The van der Waals surface area contributed by atoms with Crippen molar-refractivity contribution >= 4 is 5.96 Å². The van der Waals surface area contributed by atoms with Gasteiger partial charge in [-0.3, -0.25) is 0 Å². The van der Waals surface area contributed by atoms with Gasteiger partial charge in [-0.1, -0.05) is 50.1 Å². The van der Waals surface area contributed by atoms with E-state index >= 15 is 0 Å². The zero-order valence-corrected chi connectivity index (χ0v) is 16.2. The number of aliphatic imine (C=N–C) groups is 1. The second-order valence-corrected chi connectivity index (χ2v) is 7.68. The molecule has 0 amide bonds. The van der Waals surface area contributed by atoms with Crippen LogP contribution in [0.1, 0.15) is 43.9 Å². The Labute approximate surface area is 161 Å². The van der Waals surface area contributed by atoms with Crippen LogP contribution in [0.15, 0.2) is 58.1 Å². The summed E-state index contributed by atoms with van der Waals surface area (Å²) in [6.45, 7) is 4.25. The predicted octanol–water partition coefficient (Wildman–Crippen LogP) is 3.50. The molecule has 0 radical (unpaired) electrons. The van der Waals surface area contributed by atoms with Gasteiger partial charge in [0, 0.05) is 24.9 Å². The molecule has 3 rings (SSSR count). The zero-order valence-electron chi connectivity index (χ0n) is 16.2. The lowest BCUT2D eigenvalue weighted by Gasteiger charge is -2.38. The second-order valence-electron chi connectivity index (χ2n) is 7.68. The van der Waals surface area contributed by atoms with Crippen molar-refractivity contribution in [2.75, 3.05) is 13.1 Å². The second kappa shape index (κ2) is 9.60. The molecule has 1 aliphatic carbocycles. The van der Waals surface area contributed by atoms with Gasteiger partial charge in [0.2, 0.25) is 0 Å². The molecule has 0 spiro atoms. The Morgan fingerprint density at radius 3 is 2.78 bits per heavy atom. The zero-order chi connectivity index (χ0) is 19.0. The Morgan fingerprint density at radius 2 is 2.04 bits per heavy atom. The van der Waals surface area contributed by atoms with E-state index in [1.54, 1.807) is 6.26 Å². The standard InChI is InChI=1S/C22H31N3O2/c1-22(13-6-5-11-20(22)26)17-25-21(23-14-12-19-10-7-15-27-19)24-16-18-8-3-2-4-9-18/h2-4,7-10,15,20,26H,5-6,11-14,16-17H2,1H3,(H2,23,24,25). The maximum absolute atomic E-state index is 10.4. The predicted molar refractivity (Wildman–Crippen MR) is 109 cm³/mol. The molecule has 5 heteroatoms. The maximum atomic E-state index is 10.4. The fourth-order valence-electron chi connectivity index (χ4n) is 3.56. The molecule has 5 nitrogen and oxygen atoms in total. The average Bonchev–Trinajstić information content (AvgIpc) is 3.20. The average molecular weight is 370 g/mol. The Bertz CT molecular complexity index is 700. The Kier molecular flexibility index (Phi) is 6.93. The highest BCUT2D eigenvalue weighted by Crippen LogP contribution is 2.35. The highest BCUT2D eigenvalue weighted by molar-refractivity contribution is 5.79. The first-order chi connectivity index (χ1) is 13.2. The first-order valence-electron chi connectivity index (χ1n) is 9.92. The molecule has 3 N–H and O–H groups in total. The minimum absolute atomic E-state index is 0.103. The van der Waals surface area contributed by atoms with Gasteiger partial charge in [0.1, 0.15) is 5.76 Å². The first-order valence-corrected chi connectivity index (χ1v) is 9.92. The van der Waals surface area contributed by atoms with Crippen molar-refractivity contribution < 1.29 is 9.52 Å². The number of aliphatic hydroxyl groups excluding tert-OH is 1. The van der Waals surface area contributed by atoms with Gasteiger partial charge in [-0.15, -0.1) is 0 Å². The van der Waals surface area contributed by atoms with Gasteiger partial charge in [-0.05, 0) is 30.5 Å². The van der Waals surface area contributed by atoms with Crippen LogP contribution in [-0.2, 0) is 13.0 Å². The molecule has 2 atom stereocenters. The number of hydrogen-bond acceptors (Lipinski definition) is 3. The van der Waals surface area contributed by atoms with Gasteiger partial charge in [-0.2, -0.15) is 0 Å². The Morgan fingerprint density at radius 1 is 1.19 bits per heavy atom. The lowest BCUT2D eigenvalue weighted by atomic mass is 9.73. The number of benzene rings is 1. The summed E-state index contributed by atoms with van der Waals surface area (Å²) in [5, 5.41) is 17.3. The number of aliphatic hydroxyl groups is 1. The number of furan rings is 1. The number of nitrogens with one attached hydrogen (secondary N) is 2.